The lowest BCUT2D eigenvalue weighted by atomic mass is 10.1. The highest BCUT2D eigenvalue weighted by Crippen LogP contribution is 2.30. The maximum atomic E-state index is 4.34. The smallest absolute Gasteiger partial charge is 0.150 e. The summed E-state index contributed by atoms with van der Waals surface area (Å²) in [6, 6.07) is 9.84. The lowest BCUT2D eigenvalue weighted by Gasteiger charge is -2.11. The summed E-state index contributed by atoms with van der Waals surface area (Å²) < 4.78 is 1.81. The molecule has 0 amide bonds. The molecule has 0 spiro atoms. The lowest BCUT2D eigenvalue weighted by Crippen LogP contribution is -2.11. The van der Waals surface area contributed by atoms with Crippen LogP contribution >= 0.6 is 0 Å². The summed E-state index contributed by atoms with van der Waals surface area (Å²) in [4.78, 5) is 1.92. The van der Waals surface area contributed by atoms with Crippen LogP contribution in [-0.2, 0) is 0 Å². The molecule has 0 fully saturated rings. The molecule has 3 aromatic heterocycles. The highest BCUT2D eigenvalue weighted by atomic mass is 15.3. The van der Waals surface area contributed by atoms with Crippen LogP contribution in [0.5, 0.6) is 0 Å². The molecule has 3 heterocycles. The number of anilines is 1. The molecular formula is C16H15N7. The Kier molecular flexibility index (Phi) is 3.04. The van der Waals surface area contributed by atoms with Gasteiger partial charge in [0, 0.05) is 37.4 Å². The van der Waals surface area contributed by atoms with Gasteiger partial charge < -0.3 is 4.90 Å². The van der Waals surface area contributed by atoms with E-state index < -0.39 is 0 Å². The van der Waals surface area contributed by atoms with E-state index in [1.54, 1.807) is 12.4 Å². The SMILES string of the molecule is CN(C)c1ccc(-c2ccc(-n3cccn3)c3[nH]ncc23)nn1. The summed E-state index contributed by atoms with van der Waals surface area (Å²) in [7, 11) is 3.88. The van der Waals surface area contributed by atoms with E-state index in [1.165, 1.54) is 0 Å². The molecule has 0 radical (unpaired) electrons. The predicted octanol–water partition coefficient (Wildman–Crippen LogP) is 2.27. The molecule has 4 rings (SSSR count). The molecule has 7 nitrogen and oxygen atoms in total. The minimum absolute atomic E-state index is 0.814. The third-order valence-corrected chi connectivity index (χ3v) is 3.73. The molecule has 7 heteroatoms. The summed E-state index contributed by atoms with van der Waals surface area (Å²) in [5, 5.41) is 21.1. The van der Waals surface area contributed by atoms with Gasteiger partial charge in [0.2, 0.25) is 0 Å². The third-order valence-electron chi connectivity index (χ3n) is 3.73. The normalized spacial score (nSPS) is 11.0. The largest absolute Gasteiger partial charge is 0.361 e. The Morgan fingerprint density at radius 2 is 2.00 bits per heavy atom. The maximum Gasteiger partial charge on any atom is 0.150 e. The Hall–Kier alpha value is -3.22. The van der Waals surface area contributed by atoms with Crippen molar-refractivity contribution in [3.05, 3.63) is 48.9 Å². The first-order valence-corrected chi connectivity index (χ1v) is 7.21. The first-order valence-electron chi connectivity index (χ1n) is 7.21. The fourth-order valence-corrected chi connectivity index (χ4v) is 2.55. The Morgan fingerprint density at radius 3 is 2.70 bits per heavy atom. The Bertz CT molecular complexity index is 936. The maximum absolute atomic E-state index is 4.34. The van der Waals surface area contributed by atoms with Crippen molar-refractivity contribution in [2.75, 3.05) is 19.0 Å². The molecule has 0 atom stereocenters. The molecule has 0 bridgehead atoms. The predicted molar refractivity (Wildman–Crippen MR) is 88.6 cm³/mol. The fourth-order valence-electron chi connectivity index (χ4n) is 2.55. The van der Waals surface area contributed by atoms with E-state index >= 15 is 0 Å². The van der Waals surface area contributed by atoms with Crippen LogP contribution in [0.4, 0.5) is 5.82 Å². The van der Waals surface area contributed by atoms with E-state index in [2.05, 4.69) is 25.5 Å². The Balaban J connectivity index is 1.86. The van der Waals surface area contributed by atoms with Gasteiger partial charge in [-0.25, -0.2) is 4.68 Å². The van der Waals surface area contributed by atoms with Crippen molar-refractivity contribution in [1.82, 2.24) is 30.2 Å². The molecule has 0 aliphatic heterocycles. The van der Waals surface area contributed by atoms with Gasteiger partial charge in [0.1, 0.15) is 0 Å². The van der Waals surface area contributed by atoms with Gasteiger partial charge in [-0.1, -0.05) is 0 Å². The topological polar surface area (TPSA) is 75.5 Å². The first kappa shape index (κ1) is 13.4. The van der Waals surface area contributed by atoms with Crippen molar-refractivity contribution >= 4 is 16.7 Å². The quantitative estimate of drug-likeness (QED) is 0.628. The summed E-state index contributed by atoms with van der Waals surface area (Å²) in [6.45, 7) is 0. The van der Waals surface area contributed by atoms with Crippen LogP contribution in [0.2, 0.25) is 0 Å². The minimum Gasteiger partial charge on any atom is -0.361 e. The number of aromatic nitrogens is 6. The van der Waals surface area contributed by atoms with Gasteiger partial charge in [0.15, 0.2) is 5.82 Å². The number of hydrogen-bond donors (Lipinski definition) is 1. The van der Waals surface area contributed by atoms with Crippen LogP contribution in [0, 0.1) is 0 Å². The number of aromatic amines is 1. The number of benzene rings is 1. The molecule has 114 valence electrons. The zero-order chi connectivity index (χ0) is 15.8. The van der Waals surface area contributed by atoms with Gasteiger partial charge >= 0.3 is 0 Å². The first-order chi connectivity index (χ1) is 11.2. The van der Waals surface area contributed by atoms with Crippen molar-refractivity contribution in [2.45, 2.75) is 0 Å². The summed E-state index contributed by atoms with van der Waals surface area (Å²) in [5.74, 6) is 0.824. The number of fused-ring (bicyclic) bond motifs is 1. The zero-order valence-electron chi connectivity index (χ0n) is 12.8. The van der Waals surface area contributed by atoms with Crippen molar-refractivity contribution in [3.63, 3.8) is 0 Å². The van der Waals surface area contributed by atoms with Crippen LogP contribution in [0.1, 0.15) is 0 Å². The average Bonchev–Trinajstić information content (AvgIpc) is 3.25. The molecule has 0 saturated carbocycles. The molecule has 23 heavy (non-hydrogen) atoms. The highest BCUT2D eigenvalue weighted by molar-refractivity contribution is 5.97. The van der Waals surface area contributed by atoms with Gasteiger partial charge in [-0.3, -0.25) is 5.10 Å². The molecular weight excluding hydrogens is 290 g/mol. The summed E-state index contributed by atoms with van der Waals surface area (Å²) >= 11 is 0. The van der Waals surface area contributed by atoms with Gasteiger partial charge in [0.25, 0.3) is 0 Å². The number of rotatable bonds is 3. The van der Waals surface area contributed by atoms with Crippen LogP contribution < -0.4 is 4.90 Å². The van der Waals surface area contributed by atoms with Gasteiger partial charge in [-0.15, -0.1) is 10.2 Å². The van der Waals surface area contributed by atoms with Crippen molar-refractivity contribution in [1.29, 1.82) is 0 Å². The van der Waals surface area contributed by atoms with Gasteiger partial charge in [-0.2, -0.15) is 10.2 Å². The van der Waals surface area contributed by atoms with E-state index in [9.17, 15) is 0 Å². The standard InChI is InChI=1S/C16H15N7/c1-22(2)15-7-5-13(19-20-15)11-4-6-14(23-9-3-8-18-23)16-12(11)10-17-21-16/h3-10H,1-2H3,(H,17,21). The van der Waals surface area contributed by atoms with Crippen LogP contribution in [-0.4, -0.2) is 44.3 Å². The molecule has 0 aliphatic rings. The van der Waals surface area contributed by atoms with Crippen molar-refractivity contribution in [2.24, 2.45) is 0 Å². The monoisotopic (exact) mass is 305 g/mol. The molecule has 0 saturated heterocycles. The Morgan fingerprint density at radius 1 is 1.09 bits per heavy atom. The molecule has 1 aromatic carbocycles. The lowest BCUT2D eigenvalue weighted by molar-refractivity contribution is 0.883. The molecule has 4 aromatic rings. The average molecular weight is 305 g/mol. The van der Waals surface area contributed by atoms with Crippen LogP contribution in [0.15, 0.2) is 48.9 Å². The van der Waals surface area contributed by atoms with Gasteiger partial charge in [0.05, 0.1) is 23.1 Å². The zero-order valence-corrected chi connectivity index (χ0v) is 12.8. The summed E-state index contributed by atoms with van der Waals surface area (Å²) in [6.07, 6.45) is 5.46. The number of nitrogens with zero attached hydrogens (tertiary/aromatic N) is 6. The number of hydrogen-bond acceptors (Lipinski definition) is 5. The fraction of sp³-hybridized carbons (Fsp3) is 0.125. The second kappa shape index (κ2) is 5.20. The van der Waals surface area contributed by atoms with E-state index in [0.29, 0.717) is 0 Å². The summed E-state index contributed by atoms with van der Waals surface area (Å²) in [5.41, 5.74) is 3.67. The number of nitrogens with one attached hydrogen (secondary N) is 1. The Labute approximate surface area is 132 Å². The van der Waals surface area contributed by atoms with E-state index in [4.69, 9.17) is 0 Å². The van der Waals surface area contributed by atoms with E-state index in [0.717, 1.165) is 33.7 Å². The van der Waals surface area contributed by atoms with Crippen molar-refractivity contribution in [3.8, 4) is 16.9 Å². The number of H-pyrrole nitrogens is 1. The minimum atomic E-state index is 0.814. The highest BCUT2D eigenvalue weighted by Gasteiger charge is 2.12. The van der Waals surface area contributed by atoms with E-state index in [1.807, 2.05) is 60.2 Å². The van der Waals surface area contributed by atoms with Crippen molar-refractivity contribution < 1.29 is 0 Å². The third kappa shape index (κ3) is 2.22. The van der Waals surface area contributed by atoms with Gasteiger partial charge in [-0.05, 0) is 30.3 Å². The molecule has 0 unspecified atom stereocenters. The molecule has 1 N–H and O–H groups in total. The second-order valence-electron chi connectivity index (χ2n) is 5.41. The molecule has 0 aliphatic carbocycles. The second-order valence-corrected chi connectivity index (χ2v) is 5.41. The van der Waals surface area contributed by atoms with Crippen LogP contribution in [0.3, 0.4) is 0 Å². The van der Waals surface area contributed by atoms with Crippen LogP contribution in [0.25, 0.3) is 27.8 Å². The van der Waals surface area contributed by atoms with E-state index in [-0.39, 0.29) is 0 Å².